The first-order chi connectivity index (χ1) is 15.4. The van der Waals surface area contributed by atoms with Gasteiger partial charge in [-0.15, -0.1) is 11.8 Å². The summed E-state index contributed by atoms with van der Waals surface area (Å²) in [6.45, 7) is 6.27. The third-order valence-electron chi connectivity index (χ3n) is 7.28. The monoisotopic (exact) mass is 456 g/mol. The summed E-state index contributed by atoms with van der Waals surface area (Å²) < 4.78 is 0. The van der Waals surface area contributed by atoms with Crippen LogP contribution in [0.15, 0.2) is 41.3 Å². The van der Waals surface area contributed by atoms with E-state index in [9.17, 15) is 15.3 Å². The summed E-state index contributed by atoms with van der Waals surface area (Å²) >= 11 is 1.76. The third kappa shape index (κ3) is 6.17. The Morgan fingerprint density at radius 3 is 2.28 bits per heavy atom. The molecule has 0 radical (unpaired) electrons. The standard InChI is InChI=1S/C28H40O3S/c1-20(2)26(31)19-32-27-10-9-25(15-21(27)3)28(12-5-4-6-13-28)14-11-22-7-8-23(17-29)24(16-22)18-30/h7-10,15-16,20,26,29-31H,4-6,11-14,17-19H2,1-3H3. The Morgan fingerprint density at radius 1 is 0.938 bits per heavy atom. The SMILES string of the molecule is Cc1cc(C2(CCc3ccc(CO)c(CO)c3)CCCCC2)ccc1SCC(O)C(C)C. The summed E-state index contributed by atoms with van der Waals surface area (Å²) in [5.41, 5.74) is 5.86. The van der Waals surface area contributed by atoms with Crippen LogP contribution in [0.1, 0.15) is 80.2 Å². The molecular formula is C28H40O3S. The van der Waals surface area contributed by atoms with E-state index in [1.165, 1.54) is 53.7 Å². The number of aliphatic hydroxyl groups is 3. The maximum Gasteiger partial charge on any atom is 0.0685 e. The van der Waals surface area contributed by atoms with E-state index in [4.69, 9.17) is 0 Å². The lowest BCUT2D eigenvalue weighted by Gasteiger charge is -2.38. The smallest absolute Gasteiger partial charge is 0.0685 e. The van der Waals surface area contributed by atoms with Crippen LogP contribution < -0.4 is 0 Å². The van der Waals surface area contributed by atoms with Gasteiger partial charge in [-0.1, -0.05) is 63.4 Å². The Bertz CT molecular complexity index is 871. The molecule has 0 spiro atoms. The van der Waals surface area contributed by atoms with E-state index in [0.717, 1.165) is 29.7 Å². The number of hydrogen-bond acceptors (Lipinski definition) is 4. The second kappa shape index (κ2) is 11.7. The molecule has 1 aliphatic carbocycles. The van der Waals surface area contributed by atoms with Gasteiger partial charge in [0, 0.05) is 10.6 Å². The molecule has 1 saturated carbocycles. The molecule has 2 aromatic rings. The van der Waals surface area contributed by atoms with Crippen LogP contribution in [-0.4, -0.2) is 27.2 Å². The summed E-state index contributed by atoms with van der Waals surface area (Å²) in [7, 11) is 0. The Labute approximate surface area is 198 Å². The number of hydrogen-bond donors (Lipinski definition) is 3. The van der Waals surface area contributed by atoms with Crippen molar-refractivity contribution in [3.05, 3.63) is 64.2 Å². The molecule has 0 bridgehead atoms. The minimum absolute atomic E-state index is 0.0291. The molecule has 1 aliphatic rings. The van der Waals surface area contributed by atoms with Crippen molar-refractivity contribution < 1.29 is 15.3 Å². The van der Waals surface area contributed by atoms with E-state index < -0.39 is 0 Å². The molecule has 1 fully saturated rings. The van der Waals surface area contributed by atoms with Crippen molar-refractivity contribution in [3.8, 4) is 0 Å². The predicted octanol–water partition coefficient (Wildman–Crippen LogP) is 5.92. The molecular weight excluding hydrogens is 416 g/mol. The lowest BCUT2D eigenvalue weighted by atomic mass is 9.66. The Balaban J connectivity index is 1.77. The summed E-state index contributed by atoms with van der Waals surface area (Å²) in [4.78, 5) is 1.27. The van der Waals surface area contributed by atoms with Gasteiger partial charge >= 0.3 is 0 Å². The molecule has 3 rings (SSSR count). The first-order valence-corrected chi connectivity index (χ1v) is 13.1. The lowest BCUT2D eigenvalue weighted by Crippen LogP contribution is -2.30. The van der Waals surface area contributed by atoms with Crippen LogP contribution in [0.3, 0.4) is 0 Å². The minimum atomic E-state index is -0.273. The van der Waals surface area contributed by atoms with Gasteiger partial charge in [-0.05, 0) is 77.8 Å². The summed E-state index contributed by atoms with van der Waals surface area (Å²) in [5, 5.41) is 29.3. The van der Waals surface area contributed by atoms with Crippen molar-refractivity contribution in [1.82, 2.24) is 0 Å². The van der Waals surface area contributed by atoms with Crippen LogP contribution in [0.5, 0.6) is 0 Å². The average molecular weight is 457 g/mol. The highest BCUT2D eigenvalue weighted by atomic mass is 32.2. The summed E-state index contributed by atoms with van der Waals surface area (Å²) in [6, 6.07) is 13.1. The van der Waals surface area contributed by atoms with E-state index in [2.05, 4.69) is 51.1 Å². The van der Waals surface area contributed by atoms with E-state index in [-0.39, 0.29) is 30.7 Å². The molecule has 0 heterocycles. The number of aryl methyl sites for hydroxylation is 2. The van der Waals surface area contributed by atoms with Crippen molar-refractivity contribution in [1.29, 1.82) is 0 Å². The highest BCUT2D eigenvalue weighted by molar-refractivity contribution is 7.99. The van der Waals surface area contributed by atoms with Crippen LogP contribution in [0.25, 0.3) is 0 Å². The molecule has 0 amide bonds. The molecule has 32 heavy (non-hydrogen) atoms. The molecule has 2 aromatic carbocycles. The summed E-state index contributed by atoms with van der Waals surface area (Å²) in [6.07, 6.45) is 8.15. The van der Waals surface area contributed by atoms with Crippen molar-refractivity contribution in [3.63, 3.8) is 0 Å². The zero-order chi connectivity index (χ0) is 23.1. The Hall–Kier alpha value is -1.33. The molecule has 0 saturated heterocycles. The highest BCUT2D eigenvalue weighted by Crippen LogP contribution is 2.44. The lowest BCUT2D eigenvalue weighted by molar-refractivity contribution is 0.149. The third-order valence-corrected chi connectivity index (χ3v) is 8.56. The minimum Gasteiger partial charge on any atom is -0.392 e. The number of aliphatic hydroxyl groups excluding tert-OH is 3. The number of benzene rings is 2. The maximum atomic E-state index is 10.2. The second-order valence-corrected chi connectivity index (χ2v) is 10.9. The zero-order valence-corrected chi connectivity index (χ0v) is 20.8. The van der Waals surface area contributed by atoms with Gasteiger partial charge in [-0.2, -0.15) is 0 Å². The van der Waals surface area contributed by atoms with E-state index in [0.29, 0.717) is 0 Å². The van der Waals surface area contributed by atoms with Crippen LogP contribution in [0, 0.1) is 12.8 Å². The second-order valence-electron chi connectivity index (χ2n) is 9.86. The average Bonchev–Trinajstić information content (AvgIpc) is 2.82. The van der Waals surface area contributed by atoms with E-state index in [1.54, 1.807) is 11.8 Å². The number of thioether (sulfide) groups is 1. The molecule has 1 unspecified atom stereocenters. The summed E-state index contributed by atoms with van der Waals surface area (Å²) in [5.74, 6) is 1.02. The van der Waals surface area contributed by atoms with Gasteiger partial charge in [-0.25, -0.2) is 0 Å². The van der Waals surface area contributed by atoms with Gasteiger partial charge in [0.15, 0.2) is 0 Å². The van der Waals surface area contributed by atoms with Gasteiger partial charge in [0.05, 0.1) is 19.3 Å². The van der Waals surface area contributed by atoms with Crippen LogP contribution in [-0.2, 0) is 25.0 Å². The number of rotatable bonds is 10. The fourth-order valence-corrected chi connectivity index (χ4v) is 6.13. The fourth-order valence-electron chi connectivity index (χ4n) is 4.94. The quantitative estimate of drug-likeness (QED) is 0.388. The highest BCUT2D eigenvalue weighted by Gasteiger charge is 2.33. The predicted molar refractivity (Wildman–Crippen MR) is 134 cm³/mol. The van der Waals surface area contributed by atoms with Gasteiger partial charge in [-0.3, -0.25) is 0 Å². The fraction of sp³-hybridized carbons (Fsp3) is 0.571. The molecule has 3 N–H and O–H groups in total. The molecule has 176 valence electrons. The first-order valence-electron chi connectivity index (χ1n) is 12.1. The molecule has 4 heteroatoms. The van der Waals surface area contributed by atoms with Crippen molar-refractivity contribution in [2.75, 3.05) is 5.75 Å². The van der Waals surface area contributed by atoms with E-state index in [1.807, 2.05) is 6.07 Å². The Kier molecular flexibility index (Phi) is 9.24. The Morgan fingerprint density at radius 2 is 1.66 bits per heavy atom. The van der Waals surface area contributed by atoms with Crippen molar-refractivity contribution in [2.24, 2.45) is 5.92 Å². The normalized spacial score (nSPS) is 17.0. The van der Waals surface area contributed by atoms with Crippen molar-refractivity contribution in [2.45, 2.75) is 95.3 Å². The largest absolute Gasteiger partial charge is 0.392 e. The van der Waals surface area contributed by atoms with E-state index >= 15 is 0 Å². The topological polar surface area (TPSA) is 60.7 Å². The maximum absolute atomic E-state index is 10.2. The van der Waals surface area contributed by atoms with Gasteiger partial charge < -0.3 is 15.3 Å². The van der Waals surface area contributed by atoms with Crippen molar-refractivity contribution >= 4 is 11.8 Å². The van der Waals surface area contributed by atoms with Gasteiger partial charge in [0.2, 0.25) is 0 Å². The van der Waals surface area contributed by atoms with Crippen LogP contribution in [0.2, 0.25) is 0 Å². The van der Waals surface area contributed by atoms with Crippen LogP contribution in [0.4, 0.5) is 0 Å². The first kappa shape index (κ1) is 25.3. The van der Waals surface area contributed by atoms with Crippen LogP contribution >= 0.6 is 11.8 Å². The molecule has 1 atom stereocenters. The van der Waals surface area contributed by atoms with Gasteiger partial charge in [0.25, 0.3) is 0 Å². The molecule has 0 aromatic heterocycles. The molecule has 0 aliphatic heterocycles. The zero-order valence-electron chi connectivity index (χ0n) is 19.9. The molecule has 3 nitrogen and oxygen atoms in total. The van der Waals surface area contributed by atoms with Gasteiger partial charge in [0.1, 0.15) is 0 Å².